The van der Waals surface area contributed by atoms with Crippen LogP contribution in [0.4, 0.5) is 0 Å². The highest BCUT2D eigenvalue weighted by molar-refractivity contribution is 5.85. The number of likely N-dealkylation sites (N-methyl/N-ethyl adjacent to an activating group) is 1. The van der Waals surface area contributed by atoms with E-state index >= 15 is 0 Å². The summed E-state index contributed by atoms with van der Waals surface area (Å²) in [6.07, 6.45) is 0.561. The van der Waals surface area contributed by atoms with E-state index in [2.05, 4.69) is 36.6 Å². The molecule has 19 heavy (non-hydrogen) atoms. The van der Waals surface area contributed by atoms with Crippen LogP contribution in [0.15, 0.2) is 30.3 Å². The fourth-order valence-electron chi connectivity index (χ4n) is 2.04. The third kappa shape index (κ3) is 6.60. The zero-order valence-electron chi connectivity index (χ0n) is 12.0. The van der Waals surface area contributed by atoms with Crippen LogP contribution in [0.5, 0.6) is 0 Å². The maximum Gasteiger partial charge on any atom is 0.220 e. The van der Waals surface area contributed by atoms with Crippen LogP contribution >= 0.6 is 12.4 Å². The summed E-state index contributed by atoms with van der Waals surface area (Å²) < 4.78 is 0. The van der Waals surface area contributed by atoms with Gasteiger partial charge in [0.25, 0.3) is 0 Å². The first-order valence-corrected chi connectivity index (χ1v) is 6.61. The molecule has 0 aliphatic rings. The number of halogens is 1. The molecule has 1 rings (SSSR count). The first-order chi connectivity index (χ1) is 8.65. The van der Waals surface area contributed by atoms with Crippen molar-refractivity contribution in [2.75, 3.05) is 20.1 Å². The Kier molecular flexibility index (Phi) is 9.27. The molecule has 0 saturated carbocycles. The van der Waals surface area contributed by atoms with Crippen molar-refractivity contribution in [1.82, 2.24) is 10.6 Å². The molecule has 0 aliphatic carbocycles. The Labute approximate surface area is 122 Å². The van der Waals surface area contributed by atoms with Crippen molar-refractivity contribution in [2.45, 2.75) is 26.2 Å². The third-order valence-electron chi connectivity index (χ3n) is 3.13. The van der Waals surface area contributed by atoms with Crippen LogP contribution < -0.4 is 10.6 Å². The molecular formula is C15H25ClN2O. The van der Waals surface area contributed by atoms with Crippen molar-refractivity contribution in [2.24, 2.45) is 5.92 Å². The lowest BCUT2D eigenvalue weighted by Crippen LogP contribution is -2.31. The van der Waals surface area contributed by atoms with Crippen LogP contribution in [-0.4, -0.2) is 26.0 Å². The Bertz CT molecular complexity index is 354. The summed E-state index contributed by atoms with van der Waals surface area (Å²) in [6.45, 7) is 5.83. The molecule has 1 aromatic rings. The Morgan fingerprint density at radius 3 is 2.32 bits per heavy atom. The summed E-state index contributed by atoms with van der Waals surface area (Å²) in [6, 6.07) is 10.3. The molecule has 1 unspecified atom stereocenters. The molecule has 0 aromatic heterocycles. The summed E-state index contributed by atoms with van der Waals surface area (Å²) in [7, 11) is 1.88. The number of rotatable bonds is 7. The Morgan fingerprint density at radius 2 is 1.79 bits per heavy atom. The maximum absolute atomic E-state index is 11.9. The van der Waals surface area contributed by atoms with E-state index in [1.54, 1.807) is 0 Å². The number of carbonyl (C=O) groups excluding carboxylic acids is 1. The highest BCUT2D eigenvalue weighted by Gasteiger charge is 2.18. The standard InChI is InChI=1S/C15H24N2O.ClH/c1-12(2)14(13-7-5-4-6-8-13)11-15(18)17-10-9-16-3;/h4-8,12,14,16H,9-11H2,1-3H3,(H,17,18);1H. The van der Waals surface area contributed by atoms with E-state index < -0.39 is 0 Å². The van der Waals surface area contributed by atoms with Gasteiger partial charge >= 0.3 is 0 Å². The van der Waals surface area contributed by atoms with Crippen LogP contribution in [0.25, 0.3) is 0 Å². The molecule has 1 aromatic carbocycles. The minimum absolute atomic E-state index is 0. The average molecular weight is 285 g/mol. The number of hydrogen-bond donors (Lipinski definition) is 2. The molecule has 0 aliphatic heterocycles. The van der Waals surface area contributed by atoms with Crippen molar-refractivity contribution < 1.29 is 4.79 Å². The van der Waals surface area contributed by atoms with Crippen molar-refractivity contribution >= 4 is 18.3 Å². The van der Waals surface area contributed by atoms with Gasteiger partial charge < -0.3 is 10.6 Å². The van der Waals surface area contributed by atoms with Gasteiger partial charge in [0.1, 0.15) is 0 Å². The Balaban J connectivity index is 0.00000324. The first-order valence-electron chi connectivity index (χ1n) is 6.61. The lowest BCUT2D eigenvalue weighted by molar-refractivity contribution is -0.121. The quantitative estimate of drug-likeness (QED) is 0.756. The number of amides is 1. The SMILES string of the molecule is CNCCNC(=O)CC(c1ccccc1)C(C)C.Cl. The third-order valence-corrected chi connectivity index (χ3v) is 3.13. The summed E-state index contributed by atoms with van der Waals surface area (Å²) in [5.41, 5.74) is 1.25. The normalized spacial score (nSPS) is 11.8. The molecule has 0 fully saturated rings. The molecule has 1 atom stereocenters. The van der Waals surface area contributed by atoms with Gasteiger partial charge in [0, 0.05) is 19.5 Å². The molecule has 108 valence electrons. The van der Waals surface area contributed by atoms with E-state index in [0.29, 0.717) is 24.8 Å². The molecule has 0 radical (unpaired) electrons. The second-order valence-corrected chi connectivity index (χ2v) is 4.92. The van der Waals surface area contributed by atoms with Crippen LogP contribution in [0.3, 0.4) is 0 Å². The van der Waals surface area contributed by atoms with Gasteiger partial charge in [-0.1, -0.05) is 44.2 Å². The topological polar surface area (TPSA) is 41.1 Å². The lowest BCUT2D eigenvalue weighted by Gasteiger charge is -2.21. The molecule has 0 spiro atoms. The van der Waals surface area contributed by atoms with E-state index in [9.17, 15) is 4.79 Å². The minimum Gasteiger partial charge on any atom is -0.355 e. The fraction of sp³-hybridized carbons (Fsp3) is 0.533. The van der Waals surface area contributed by atoms with Crippen LogP contribution in [-0.2, 0) is 4.79 Å². The lowest BCUT2D eigenvalue weighted by atomic mass is 9.85. The van der Waals surface area contributed by atoms with Crippen LogP contribution in [0, 0.1) is 5.92 Å². The molecule has 4 heteroatoms. The average Bonchev–Trinajstić information content (AvgIpc) is 2.37. The van der Waals surface area contributed by atoms with Gasteiger partial charge in [-0.25, -0.2) is 0 Å². The van der Waals surface area contributed by atoms with Gasteiger partial charge in [0.05, 0.1) is 0 Å². The van der Waals surface area contributed by atoms with Crippen LogP contribution in [0.1, 0.15) is 31.7 Å². The maximum atomic E-state index is 11.9. The second-order valence-electron chi connectivity index (χ2n) is 4.92. The van der Waals surface area contributed by atoms with Gasteiger partial charge in [0.2, 0.25) is 5.91 Å². The number of benzene rings is 1. The van der Waals surface area contributed by atoms with Gasteiger partial charge in [0.15, 0.2) is 0 Å². The summed E-state index contributed by atoms with van der Waals surface area (Å²) in [4.78, 5) is 11.9. The monoisotopic (exact) mass is 284 g/mol. The van der Waals surface area contributed by atoms with Crippen molar-refractivity contribution in [3.8, 4) is 0 Å². The predicted molar refractivity (Wildman–Crippen MR) is 82.8 cm³/mol. The van der Waals surface area contributed by atoms with E-state index in [1.807, 2.05) is 25.2 Å². The van der Waals surface area contributed by atoms with E-state index in [-0.39, 0.29) is 18.3 Å². The highest BCUT2D eigenvalue weighted by Crippen LogP contribution is 2.27. The molecule has 2 N–H and O–H groups in total. The Morgan fingerprint density at radius 1 is 1.16 bits per heavy atom. The number of nitrogens with one attached hydrogen (secondary N) is 2. The van der Waals surface area contributed by atoms with Gasteiger partial charge in [-0.3, -0.25) is 4.79 Å². The van der Waals surface area contributed by atoms with E-state index in [0.717, 1.165) is 6.54 Å². The zero-order valence-corrected chi connectivity index (χ0v) is 12.8. The summed E-state index contributed by atoms with van der Waals surface area (Å²) in [5, 5.41) is 5.95. The van der Waals surface area contributed by atoms with E-state index in [4.69, 9.17) is 0 Å². The molecule has 3 nitrogen and oxygen atoms in total. The second kappa shape index (κ2) is 9.82. The summed E-state index contributed by atoms with van der Waals surface area (Å²) in [5.74, 6) is 0.885. The molecule has 0 bridgehead atoms. The molecule has 0 saturated heterocycles. The number of hydrogen-bond acceptors (Lipinski definition) is 2. The van der Waals surface area contributed by atoms with Gasteiger partial charge in [-0.05, 0) is 24.4 Å². The molecular weight excluding hydrogens is 260 g/mol. The number of carbonyl (C=O) groups is 1. The van der Waals surface area contributed by atoms with Crippen molar-refractivity contribution in [1.29, 1.82) is 0 Å². The molecule has 0 heterocycles. The molecule has 1 amide bonds. The zero-order chi connectivity index (χ0) is 13.4. The fourth-order valence-corrected chi connectivity index (χ4v) is 2.04. The first kappa shape index (κ1) is 17.9. The highest BCUT2D eigenvalue weighted by atomic mass is 35.5. The van der Waals surface area contributed by atoms with Crippen molar-refractivity contribution in [3.63, 3.8) is 0 Å². The van der Waals surface area contributed by atoms with E-state index in [1.165, 1.54) is 5.56 Å². The van der Waals surface area contributed by atoms with Gasteiger partial charge in [-0.2, -0.15) is 0 Å². The Hall–Kier alpha value is -1.06. The van der Waals surface area contributed by atoms with Crippen LogP contribution in [0.2, 0.25) is 0 Å². The predicted octanol–water partition coefficient (Wildman–Crippen LogP) is 2.57. The smallest absolute Gasteiger partial charge is 0.220 e. The summed E-state index contributed by atoms with van der Waals surface area (Å²) >= 11 is 0. The largest absolute Gasteiger partial charge is 0.355 e. The minimum atomic E-state index is 0. The van der Waals surface area contributed by atoms with Crippen molar-refractivity contribution in [3.05, 3.63) is 35.9 Å². The van der Waals surface area contributed by atoms with Gasteiger partial charge in [-0.15, -0.1) is 12.4 Å².